The molecule has 7 heteroatoms. The summed E-state index contributed by atoms with van der Waals surface area (Å²) in [5.41, 5.74) is 6.01. The molecule has 1 aromatic heterocycles. The third-order valence-electron chi connectivity index (χ3n) is 2.46. The van der Waals surface area contributed by atoms with Gasteiger partial charge in [0.15, 0.2) is 0 Å². The molecule has 0 unspecified atom stereocenters. The fourth-order valence-corrected chi connectivity index (χ4v) is 1.65. The second-order valence-electron chi connectivity index (χ2n) is 3.75. The van der Waals surface area contributed by atoms with Gasteiger partial charge in [0.2, 0.25) is 5.28 Å². The number of hydrogen-bond acceptors (Lipinski definition) is 5. The molecule has 0 saturated heterocycles. The molecule has 0 spiro atoms. The Labute approximate surface area is 114 Å². The zero-order valence-corrected chi connectivity index (χ0v) is 10.6. The monoisotopic (exact) mass is 278 g/mol. The van der Waals surface area contributed by atoms with E-state index in [1.807, 2.05) is 0 Å². The van der Waals surface area contributed by atoms with E-state index in [1.54, 1.807) is 24.3 Å². The van der Waals surface area contributed by atoms with E-state index in [4.69, 9.17) is 17.3 Å². The van der Waals surface area contributed by atoms with Gasteiger partial charge in [0.05, 0.1) is 5.56 Å². The Kier molecular flexibility index (Phi) is 3.82. The molecule has 0 saturated carbocycles. The summed E-state index contributed by atoms with van der Waals surface area (Å²) in [6.07, 6.45) is 1.25. The molecule has 2 rings (SSSR count). The molecule has 2 aromatic rings. The topological polar surface area (TPSA) is 101 Å². The molecule has 0 bridgehead atoms. The van der Waals surface area contributed by atoms with Gasteiger partial charge in [-0.05, 0) is 17.7 Å². The number of aromatic nitrogens is 2. The molecule has 0 atom stereocenters. The van der Waals surface area contributed by atoms with Crippen molar-refractivity contribution in [2.75, 3.05) is 5.32 Å². The maximum Gasteiger partial charge on any atom is 0.254 e. The number of benzene rings is 1. The van der Waals surface area contributed by atoms with Crippen molar-refractivity contribution in [3.63, 3.8) is 0 Å². The summed E-state index contributed by atoms with van der Waals surface area (Å²) in [7, 11) is 0. The third kappa shape index (κ3) is 3.11. The van der Waals surface area contributed by atoms with Crippen LogP contribution in [0.25, 0.3) is 0 Å². The second-order valence-corrected chi connectivity index (χ2v) is 4.09. The highest BCUT2D eigenvalue weighted by atomic mass is 35.5. The van der Waals surface area contributed by atoms with Gasteiger partial charge in [-0.3, -0.25) is 4.79 Å². The fourth-order valence-electron chi connectivity index (χ4n) is 1.51. The number of primary amides is 1. The first-order valence-corrected chi connectivity index (χ1v) is 5.79. The molecular weight excluding hydrogens is 268 g/mol. The van der Waals surface area contributed by atoms with Gasteiger partial charge in [0.1, 0.15) is 11.6 Å². The minimum atomic E-state index is -0.656. The van der Waals surface area contributed by atoms with Crippen LogP contribution in [0.4, 0.5) is 5.82 Å². The van der Waals surface area contributed by atoms with Crippen molar-refractivity contribution in [1.29, 1.82) is 0 Å². The molecule has 0 fully saturated rings. The number of nitrogens with zero attached hydrogens (tertiary/aromatic N) is 2. The lowest BCUT2D eigenvalue weighted by Gasteiger charge is -2.09. The number of phenolic OH excluding ortho intramolecular Hbond substituents is 1. The van der Waals surface area contributed by atoms with Crippen molar-refractivity contribution in [1.82, 2.24) is 9.97 Å². The number of para-hydroxylation sites is 1. The number of aromatic hydroxyl groups is 1. The van der Waals surface area contributed by atoms with E-state index < -0.39 is 5.91 Å². The van der Waals surface area contributed by atoms with Gasteiger partial charge < -0.3 is 16.2 Å². The lowest BCUT2D eigenvalue weighted by atomic mass is 10.2. The van der Waals surface area contributed by atoms with Crippen LogP contribution in [0.2, 0.25) is 5.28 Å². The fraction of sp³-hybridized carbons (Fsp3) is 0.0833. The largest absolute Gasteiger partial charge is 0.508 e. The number of carbonyl (C=O) groups is 1. The summed E-state index contributed by atoms with van der Waals surface area (Å²) in [5.74, 6) is -0.275. The van der Waals surface area contributed by atoms with Gasteiger partial charge in [-0.15, -0.1) is 0 Å². The first-order chi connectivity index (χ1) is 9.08. The molecular formula is C12H11ClN4O2. The van der Waals surface area contributed by atoms with E-state index >= 15 is 0 Å². The van der Waals surface area contributed by atoms with Crippen LogP contribution in [0.3, 0.4) is 0 Å². The van der Waals surface area contributed by atoms with E-state index in [9.17, 15) is 9.90 Å². The van der Waals surface area contributed by atoms with Crippen LogP contribution in [-0.4, -0.2) is 21.0 Å². The normalized spacial score (nSPS) is 10.2. The summed E-state index contributed by atoms with van der Waals surface area (Å²) in [5, 5.41) is 12.5. The van der Waals surface area contributed by atoms with Gasteiger partial charge in [0, 0.05) is 18.3 Å². The molecule has 1 amide bonds. The number of carbonyl (C=O) groups excluding carboxylic acids is 1. The number of halogens is 1. The van der Waals surface area contributed by atoms with Crippen molar-refractivity contribution in [3.05, 3.63) is 46.9 Å². The maximum absolute atomic E-state index is 11.2. The van der Waals surface area contributed by atoms with Crippen LogP contribution in [0.15, 0.2) is 30.5 Å². The van der Waals surface area contributed by atoms with E-state index in [-0.39, 0.29) is 29.0 Å². The van der Waals surface area contributed by atoms with Gasteiger partial charge >= 0.3 is 0 Å². The average molecular weight is 279 g/mol. The predicted molar refractivity (Wildman–Crippen MR) is 71.0 cm³/mol. The van der Waals surface area contributed by atoms with Crippen LogP contribution < -0.4 is 11.1 Å². The van der Waals surface area contributed by atoms with Gasteiger partial charge in [0.25, 0.3) is 5.91 Å². The van der Waals surface area contributed by atoms with Gasteiger partial charge in [-0.2, -0.15) is 4.98 Å². The SMILES string of the molecule is NC(=O)c1cnc(Cl)nc1NCc1ccccc1O. The summed E-state index contributed by atoms with van der Waals surface area (Å²) in [6, 6.07) is 6.82. The highest BCUT2D eigenvalue weighted by Gasteiger charge is 2.11. The molecule has 0 aliphatic heterocycles. The van der Waals surface area contributed by atoms with Gasteiger partial charge in [-0.1, -0.05) is 18.2 Å². The van der Waals surface area contributed by atoms with Crippen molar-refractivity contribution in [3.8, 4) is 5.75 Å². The molecule has 1 heterocycles. The Hall–Kier alpha value is -2.34. The Balaban J connectivity index is 2.22. The van der Waals surface area contributed by atoms with Crippen LogP contribution >= 0.6 is 11.6 Å². The third-order valence-corrected chi connectivity index (χ3v) is 2.64. The lowest BCUT2D eigenvalue weighted by molar-refractivity contribution is 0.100. The quantitative estimate of drug-likeness (QED) is 0.737. The number of hydrogen-bond donors (Lipinski definition) is 3. The average Bonchev–Trinajstić information content (AvgIpc) is 2.37. The molecule has 0 aliphatic carbocycles. The molecule has 6 nitrogen and oxygen atoms in total. The summed E-state index contributed by atoms with van der Waals surface area (Å²) in [4.78, 5) is 18.8. The summed E-state index contributed by atoms with van der Waals surface area (Å²) < 4.78 is 0. The van der Waals surface area contributed by atoms with E-state index in [0.717, 1.165) is 0 Å². The minimum Gasteiger partial charge on any atom is -0.508 e. The van der Waals surface area contributed by atoms with Crippen LogP contribution in [0.1, 0.15) is 15.9 Å². The molecule has 0 radical (unpaired) electrons. The van der Waals surface area contributed by atoms with Crippen LogP contribution in [-0.2, 0) is 6.54 Å². The Bertz CT molecular complexity index is 618. The van der Waals surface area contributed by atoms with Crippen LogP contribution in [0, 0.1) is 0 Å². The highest BCUT2D eigenvalue weighted by Crippen LogP contribution is 2.19. The Morgan fingerprint density at radius 3 is 2.84 bits per heavy atom. The van der Waals surface area contributed by atoms with Crippen LogP contribution in [0.5, 0.6) is 5.75 Å². The molecule has 19 heavy (non-hydrogen) atoms. The Morgan fingerprint density at radius 1 is 1.42 bits per heavy atom. The molecule has 4 N–H and O–H groups in total. The first-order valence-electron chi connectivity index (χ1n) is 5.41. The molecule has 1 aromatic carbocycles. The first kappa shape index (κ1) is 13.1. The molecule has 98 valence electrons. The maximum atomic E-state index is 11.2. The highest BCUT2D eigenvalue weighted by molar-refractivity contribution is 6.28. The summed E-state index contributed by atoms with van der Waals surface area (Å²) in [6.45, 7) is 0.278. The van der Waals surface area contributed by atoms with E-state index in [2.05, 4.69) is 15.3 Å². The number of amides is 1. The summed E-state index contributed by atoms with van der Waals surface area (Å²) >= 11 is 5.67. The smallest absolute Gasteiger partial charge is 0.254 e. The Morgan fingerprint density at radius 2 is 2.16 bits per heavy atom. The zero-order valence-electron chi connectivity index (χ0n) is 9.80. The molecule has 0 aliphatic rings. The standard InChI is InChI=1S/C12H11ClN4O2/c13-12-16-6-8(10(14)19)11(17-12)15-5-7-3-1-2-4-9(7)18/h1-4,6,18H,5H2,(H2,14,19)(H,15,16,17). The zero-order chi connectivity index (χ0) is 13.8. The number of anilines is 1. The van der Waals surface area contributed by atoms with E-state index in [1.165, 1.54) is 6.20 Å². The second kappa shape index (κ2) is 5.53. The number of nitrogens with one attached hydrogen (secondary N) is 1. The minimum absolute atomic E-state index is 0.00443. The lowest BCUT2D eigenvalue weighted by Crippen LogP contribution is -2.16. The van der Waals surface area contributed by atoms with Crippen molar-refractivity contribution in [2.45, 2.75) is 6.54 Å². The predicted octanol–water partition coefficient (Wildman–Crippen LogP) is 1.55. The number of rotatable bonds is 4. The number of nitrogens with two attached hydrogens (primary N) is 1. The number of phenols is 1. The van der Waals surface area contributed by atoms with Gasteiger partial charge in [-0.25, -0.2) is 4.98 Å². The van der Waals surface area contributed by atoms with Crippen molar-refractivity contribution in [2.24, 2.45) is 5.73 Å². The van der Waals surface area contributed by atoms with Crippen molar-refractivity contribution >= 4 is 23.3 Å². The van der Waals surface area contributed by atoms with Crippen molar-refractivity contribution < 1.29 is 9.90 Å². The van der Waals surface area contributed by atoms with E-state index in [0.29, 0.717) is 5.56 Å².